The Bertz CT molecular complexity index is 597. The van der Waals surface area contributed by atoms with Crippen LogP contribution in [0.15, 0.2) is 35.5 Å². The van der Waals surface area contributed by atoms with Crippen LogP contribution >= 0.6 is 0 Å². The van der Waals surface area contributed by atoms with E-state index in [4.69, 9.17) is 0 Å². The predicted octanol–water partition coefficient (Wildman–Crippen LogP) is 5.17. The summed E-state index contributed by atoms with van der Waals surface area (Å²) < 4.78 is 0. The Kier molecular flexibility index (Phi) is 5.07. The second kappa shape index (κ2) is 6.70. The van der Waals surface area contributed by atoms with Gasteiger partial charge in [-0.05, 0) is 66.9 Å². The Balaban J connectivity index is 1.84. The summed E-state index contributed by atoms with van der Waals surface area (Å²) in [5.74, 6) is 1.58. The van der Waals surface area contributed by atoms with E-state index in [0.29, 0.717) is 17.8 Å². The zero-order chi connectivity index (χ0) is 18.4. The molecule has 0 radical (unpaired) electrons. The summed E-state index contributed by atoms with van der Waals surface area (Å²) in [6, 6.07) is 0. The molecule has 2 N–H and O–H groups in total. The predicted molar refractivity (Wildman–Crippen MR) is 104 cm³/mol. The van der Waals surface area contributed by atoms with Gasteiger partial charge in [0.2, 0.25) is 0 Å². The first-order chi connectivity index (χ1) is 11.7. The van der Waals surface area contributed by atoms with Gasteiger partial charge in [-0.1, -0.05) is 58.4 Å². The first-order valence-electron chi connectivity index (χ1n) is 10.2. The quantitative estimate of drug-likeness (QED) is 0.725. The molecule has 5 unspecified atom stereocenters. The smallest absolute Gasteiger partial charge is 0.0862 e. The lowest BCUT2D eigenvalue weighted by molar-refractivity contribution is -0.0404. The van der Waals surface area contributed by atoms with Crippen LogP contribution in [0.2, 0.25) is 0 Å². The van der Waals surface area contributed by atoms with Crippen LogP contribution < -0.4 is 0 Å². The molecule has 0 aromatic carbocycles. The zero-order valence-electron chi connectivity index (χ0n) is 16.5. The summed E-state index contributed by atoms with van der Waals surface area (Å²) in [4.78, 5) is 0. The van der Waals surface area contributed by atoms with Crippen LogP contribution in [0.5, 0.6) is 0 Å². The number of aliphatic hydroxyl groups is 2. The maximum Gasteiger partial charge on any atom is 0.0862 e. The molecule has 25 heavy (non-hydrogen) atoms. The van der Waals surface area contributed by atoms with Crippen LogP contribution in [0.25, 0.3) is 0 Å². The van der Waals surface area contributed by atoms with E-state index >= 15 is 0 Å². The van der Waals surface area contributed by atoms with E-state index in [1.54, 1.807) is 5.57 Å². The van der Waals surface area contributed by atoms with Gasteiger partial charge in [0.15, 0.2) is 0 Å². The minimum atomic E-state index is -0.673. The van der Waals surface area contributed by atoms with Gasteiger partial charge >= 0.3 is 0 Å². The Morgan fingerprint density at radius 3 is 2.56 bits per heavy atom. The summed E-state index contributed by atoms with van der Waals surface area (Å²) in [6.45, 7) is 12.8. The molecule has 0 bridgehead atoms. The summed E-state index contributed by atoms with van der Waals surface area (Å²) in [5, 5.41) is 20.9. The molecular weight excluding hydrogens is 308 g/mol. The normalized spacial score (nSPS) is 44.3. The standard InChI is InChI=1S/C23H36O2/c1-6-18-11-12-19-16(8-7-13-23(18,19)5)9-10-17-14-20(24)22(3,4)21(25)15(17)2/h9-10,18-21,24-25H,2,6-8,11-14H2,1,3-5H3/b16-9+,17-10-. The third kappa shape index (κ3) is 3.06. The molecule has 0 aromatic heterocycles. The number of hydrogen-bond acceptors (Lipinski definition) is 2. The molecule has 0 spiro atoms. The van der Waals surface area contributed by atoms with Gasteiger partial charge in [0.25, 0.3) is 0 Å². The molecule has 2 heteroatoms. The molecule has 0 saturated heterocycles. The Labute approximate surface area is 153 Å². The van der Waals surface area contributed by atoms with Gasteiger partial charge in [-0.15, -0.1) is 0 Å². The highest BCUT2D eigenvalue weighted by molar-refractivity contribution is 5.40. The monoisotopic (exact) mass is 344 g/mol. The van der Waals surface area contributed by atoms with E-state index in [1.165, 1.54) is 38.5 Å². The van der Waals surface area contributed by atoms with Crippen molar-refractivity contribution in [1.29, 1.82) is 0 Å². The number of hydrogen-bond donors (Lipinski definition) is 2. The largest absolute Gasteiger partial charge is 0.392 e. The van der Waals surface area contributed by atoms with E-state index in [-0.39, 0.29) is 0 Å². The molecule has 3 aliphatic rings. The third-order valence-corrected chi connectivity index (χ3v) is 7.87. The lowest BCUT2D eigenvalue weighted by Gasteiger charge is -2.43. The van der Waals surface area contributed by atoms with Gasteiger partial charge in [0.1, 0.15) is 0 Å². The molecule has 5 atom stereocenters. The number of rotatable bonds is 2. The Morgan fingerprint density at radius 1 is 1.16 bits per heavy atom. The SMILES string of the molecule is C=C1/C(=C\C=C2/CCCC3(C)C(CC)CCC23)CC(O)C(C)(C)C1O. The molecule has 3 aliphatic carbocycles. The topological polar surface area (TPSA) is 40.5 Å². The maximum absolute atomic E-state index is 10.5. The second-order valence-electron chi connectivity index (χ2n) is 9.50. The number of fused-ring (bicyclic) bond motifs is 1. The fraction of sp³-hybridized carbons (Fsp3) is 0.739. The fourth-order valence-electron chi connectivity index (χ4n) is 5.81. The van der Waals surface area contributed by atoms with Gasteiger partial charge in [-0.25, -0.2) is 0 Å². The van der Waals surface area contributed by atoms with Crippen molar-refractivity contribution in [2.45, 2.75) is 84.8 Å². The van der Waals surface area contributed by atoms with Crippen molar-refractivity contribution in [2.24, 2.45) is 22.7 Å². The first kappa shape index (κ1) is 18.9. The minimum absolute atomic E-state index is 0.474. The molecule has 140 valence electrons. The van der Waals surface area contributed by atoms with Crippen molar-refractivity contribution in [3.8, 4) is 0 Å². The summed E-state index contributed by atoms with van der Waals surface area (Å²) in [7, 11) is 0. The van der Waals surface area contributed by atoms with Gasteiger partial charge in [0.05, 0.1) is 12.2 Å². The van der Waals surface area contributed by atoms with Crippen LogP contribution in [-0.2, 0) is 0 Å². The molecule has 0 aromatic rings. The second-order valence-corrected chi connectivity index (χ2v) is 9.50. The lowest BCUT2D eigenvalue weighted by atomic mass is 9.63. The average Bonchev–Trinajstić information content (AvgIpc) is 2.92. The molecule has 3 rings (SSSR count). The molecule has 0 amide bonds. The van der Waals surface area contributed by atoms with Crippen molar-refractivity contribution in [3.05, 3.63) is 35.5 Å². The number of aliphatic hydroxyl groups excluding tert-OH is 2. The van der Waals surface area contributed by atoms with Crippen molar-refractivity contribution in [2.75, 3.05) is 0 Å². The highest BCUT2D eigenvalue weighted by atomic mass is 16.3. The van der Waals surface area contributed by atoms with Gasteiger partial charge in [0, 0.05) is 5.41 Å². The van der Waals surface area contributed by atoms with Gasteiger partial charge < -0.3 is 10.2 Å². The van der Waals surface area contributed by atoms with E-state index in [1.807, 2.05) is 13.8 Å². The van der Waals surface area contributed by atoms with E-state index in [9.17, 15) is 10.2 Å². The lowest BCUT2D eigenvalue weighted by Crippen LogP contribution is -2.45. The first-order valence-corrected chi connectivity index (χ1v) is 10.2. The molecule has 2 nitrogen and oxygen atoms in total. The zero-order valence-corrected chi connectivity index (χ0v) is 16.5. The highest BCUT2D eigenvalue weighted by Gasteiger charge is 2.48. The van der Waals surface area contributed by atoms with Crippen molar-refractivity contribution in [1.82, 2.24) is 0 Å². The molecular formula is C23H36O2. The molecule has 0 aliphatic heterocycles. The van der Waals surface area contributed by atoms with E-state index in [0.717, 1.165) is 17.1 Å². The summed E-state index contributed by atoms with van der Waals surface area (Å²) in [6.07, 6.45) is 11.7. The van der Waals surface area contributed by atoms with Crippen LogP contribution in [0.1, 0.15) is 72.6 Å². The van der Waals surface area contributed by atoms with E-state index < -0.39 is 17.6 Å². The van der Waals surface area contributed by atoms with Crippen LogP contribution in [0.4, 0.5) is 0 Å². The van der Waals surface area contributed by atoms with Gasteiger partial charge in [-0.2, -0.15) is 0 Å². The summed E-state index contributed by atoms with van der Waals surface area (Å²) >= 11 is 0. The van der Waals surface area contributed by atoms with Crippen molar-refractivity contribution >= 4 is 0 Å². The van der Waals surface area contributed by atoms with Crippen LogP contribution in [0, 0.1) is 22.7 Å². The number of allylic oxidation sites excluding steroid dienone is 3. The Morgan fingerprint density at radius 2 is 1.88 bits per heavy atom. The minimum Gasteiger partial charge on any atom is -0.392 e. The molecule has 3 fully saturated rings. The van der Waals surface area contributed by atoms with Crippen LogP contribution in [-0.4, -0.2) is 22.4 Å². The molecule has 0 heterocycles. The Hall–Kier alpha value is -0.860. The highest BCUT2D eigenvalue weighted by Crippen LogP contribution is 2.58. The van der Waals surface area contributed by atoms with Crippen molar-refractivity contribution in [3.63, 3.8) is 0 Å². The van der Waals surface area contributed by atoms with Crippen LogP contribution in [0.3, 0.4) is 0 Å². The third-order valence-electron chi connectivity index (χ3n) is 7.87. The average molecular weight is 345 g/mol. The fourth-order valence-corrected chi connectivity index (χ4v) is 5.81. The maximum atomic E-state index is 10.5. The van der Waals surface area contributed by atoms with E-state index in [2.05, 4.69) is 32.6 Å². The summed E-state index contributed by atoms with van der Waals surface area (Å²) in [5.41, 5.74) is 3.33. The van der Waals surface area contributed by atoms with Crippen molar-refractivity contribution < 1.29 is 10.2 Å². The van der Waals surface area contributed by atoms with Gasteiger partial charge in [-0.3, -0.25) is 0 Å². The molecule has 3 saturated carbocycles.